The number of hydrogen-bond donors (Lipinski definition) is 0. The topological polar surface area (TPSA) is 47.4 Å². The molecule has 0 aliphatic carbocycles. The van der Waals surface area contributed by atoms with Gasteiger partial charge in [-0.05, 0) is 23.6 Å². The summed E-state index contributed by atoms with van der Waals surface area (Å²) < 4.78 is 46.0. The Morgan fingerprint density at radius 2 is 1.77 bits per heavy atom. The van der Waals surface area contributed by atoms with Crippen LogP contribution in [-0.2, 0) is 13.2 Å². The van der Waals surface area contributed by atoms with E-state index in [1.54, 1.807) is 31.2 Å². The highest BCUT2D eigenvalue weighted by Gasteiger charge is 2.33. The van der Waals surface area contributed by atoms with Crippen LogP contribution in [0.1, 0.15) is 24.4 Å². The predicted molar refractivity (Wildman–Crippen MR) is 113 cm³/mol. The van der Waals surface area contributed by atoms with Crippen molar-refractivity contribution in [2.75, 3.05) is 13.1 Å². The van der Waals surface area contributed by atoms with Gasteiger partial charge in [-0.1, -0.05) is 55.6 Å². The van der Waals surface area contributed by atoms with Gasteiger partial charge in [-0.15, -0.1) is 0 Å². The second kappa shape index (κ2) is 9.34. The molecule has 0 saturated heterocycles. The van der Waals surface area contributed by atoms with Gasteiger partial charge >= 0.3 is 6.18 Å². The SMILES string of the molecule is C=CC1=C(C=C)CN(C(C)c2ncc(OCc3ccccc3)c(=O)n2CC(F)(F)F)C1. The number of aromatic nitrogens is 2. The van der Waals surface area contributed by atoms with Crippen LogP contribution >= 0.6 is 0 Å². The Bertz CT molecular complexity index is 1020. The zero-order chi connectivity index (χ0) is 22.6. The summed E-state index contributed by atoms with van der Waals surface area (Å²) in [7, 11) is 0. The number of benzene rings is 1. The van der Waals surface area contributed by atoms with Gasteiger partial charge in [0.2, 0.25) is 5.75 Å². The third-order valence-electron chi connectivity index (χ3n) is 5.19. The van der Waals surface area contributed by atoms with Crippen molar-refractivity contribution in [1.29, 1.82) is 0 Å². The van der Waals surface area contributed by atoms with Crippen LogP contribution in [0.25, 0.3) is 0 Å². The molecule has 8 heteroatoms. The number of nitrogens with zero attached hydrogens (tertiary/aromatic N) is 3. The van der Waals surface area contributed by atoms with Gasteiger partial charge in [0.05, 0.1) is 12.2 Å². The summed E-state index contributed by atoms with van der Waals surface area (Å²) in [5.74, 6) is -0.190. The van der Waals surface area contributed by atoms with E-state index in [9.17, 15) is 18.0 Å². The van der Waals surface area contributed by atoms with Gasteiger partial charge in [-0.3, -0.25) is 14.3 Å². The Labute approximate surface area is 178 Å². The smallest absolute Gasteiger partial charge is 0.406 e. The minimum absolute atomic E-state index is 0.0307. The standard InChI is InChI=1S/C23H24F3N3O2/c1-4-18-12-28(13-19(18)5-2)16(3)21-27-11-20(22(30)29(21)15-23(24,25)26)31-14-17-9-7-6-8-10-17/h4-11,16H,1-2,12-15H2,3H3. The molecule has 164 valence electrons. The Kier molecular flexibility index (Phi) is 6.80. The molecule has 1 atom stereocenters. The van der Waals surface area contributed by atoms with E-state index in [-0.39, 0.29) is 18.2 Å². The molecule has 0 N–H and O–H groups in total. The molecule has 0 fully saturated rings. The van der Waals surface area contributed by atoms with Crippen molar-refractivity contribution in [1.82, 2.24) is 14.5 Å². The lowest BCUT2D eigenvalue weighted by atomic mass is 10.1. The fourth-order valence-corrected chi connectivity index (χ4v) is 3.51. The highest BCUT2D eigenvalue weighted by molar-refractivity contribution is 5.38. The van der Waals surface area contributed by atoms with E-state index in [1.165, 1.54) is 6.20 Å². The molecule has 1 unspecified atom stereocenters. The van der Waals surface area contributed by atoms with Gasteiger partial charge < -0.3 is 4.74 Å². The molecule has 1 aliphatic heterocycles. The molecule has 3 rings (SSSR count). The van der Waals surface area contributed by atoms with Crippen molar-refractivity contribution in [2.24, 2.45) is 0 Å². The molecule has 1 aromatic carbocycles. The van der Waals surface area contributed by atoms with Crippen LogP contribution in [0.5, 0.6) is 5.75 Å². The monoisotopic (exact) mass is 431 g/mol. The molecule has 0 spiro atoms. The summed E-state index contributed by atoms with van der Waals surface area (Å²) in [5, 5.41) is 0. The molecule has 0 radical (unpaired) electrons. The van der Waals surface area contributed by atoms with Gasteiger partial charge in [-0.25, -0.2) is 4.98 Å². The van der Waals surface area contributed by atoms with E-state index in [0.717, 1.165) is 16.7 Å². The molecule has 2 aromatic rings. The highest BCUT2D eigenvalue weighted by Crippen LogP contribution is 2.29. The average Bonchev–Trinajstić information content (AvgIpc) is 3.17. The van der Waals surface area contributed by atoms with Crippen LogP contribution in [0.2, 0.25) is 0 Å². The first-order valence-corrected chi connectivity index (χ1v) is 9.77. The lowest BCUT2D eigenvalue weighted by Gasteiger charge is -2.27. The molecule has 31 heavy (non-hydrogen) atoms. The van der Waals surface area contributed by atoms with Crippen molar-refractivity contribution in [3.05, 3.63) is 94.7 Å². The van der Waals surface area contributed by atoms with Gasteiger partial charge in [0, 0.05) is 13.1 Å². The second-order valence-electron chi connectivity index (χ2n) is 7.30. The fraction of sp³-hybridized carbons (Fsp3) is 0.304. The number of ether oxygens (including phenoxy) is 1. The van der Waals surface area contributed by atoms with Crippen molar-refractivity contribution in [3.63, 3.8) is 0 Å². The number of hydrogen-bond acceptors (Lipinski definition) is 4. The lowest BCUT2D eigenvalue weighted by Crippen LogP contribution is -2.36. The van der Waals surface area contributed by atoms with E-state index in [2.05, 4.69) is 18.1 Å². The van der Waals surface area contributed by atoms with Crippen LogP contribution in [0.3, 0.4) is 0 Å². The van der Waals surface area contributed by atoms with Gasteiger partial charge in [0.15, 0.2) is 0 Å². The third kappa shape index (κ3) is 5.32. The number of halogens is 3. The third-order valence-corrected chi connectivity index (χ3v) is 5.19. The lowest BCUT2D eigenvalue weighted by molar-refractivity contribution is -0.142. The summed E-state index contributed by atoms with van der Waals surface area (Å²) >= 11 is 0. The maximum absolute atomic E-state index is 13.3. The van der Waals surface area contributed by atoms with Crippen LogP contribution < -0.4 is 10.3 Å². The summed E-state index contributed by atoms with van der Waals surface area (Å²) in [6.07, 6.45) is 0.0388. The van der Waals surface area contributed by atoms with Crippen LogP contribution in [0.4, 0.5) is 13.2 Å². The fourth-order valence-electron chi connectivity index (χ4n) is 3.51. The van der Waals surface area contributed by atoms with Crippen molar-refractivity contribution in [2.45, 2.75) is 32.3 Å². The molecule has 0 bridgehead atoms. The second-order valence-corrected chi connectivity index (χ2v) is 7.30. The van der Waals surface area contributed by atoms with E-state index in [4.69, 9.17) is 4.74 Å². The molecular weight excluding hydrogens is 407 g/mol. The van der Waals surface area contributed by atoms with Crippen molar-refractivity contribution >= 4 is 0 Å². The van der Waals surface area contributed by atoms with Crippen LogP contribution in [0, 0.1) is 0 Å². The summed E-state index contributed by atoms with van der Waals surface area (Å²) in [5.41, 5.74) is 1.84. The summed E-state index contributed by atoms with van der Waals surface area (Å²) in [6.45, 7) is 8.87. The van der Waals surface area contributed by atoms with Gasteiger partial charge in [0.1, 0.15) is 19.0 Å². The molecule has 1 aromatic heterocycles. The zero-order valence-electron chi connectivity index (χ0n) is 17.2. The van der Waals surface area contributed by atoms with Crippen LogP contribution in [0.15, 0.2) is 77.8 Å². The Morgan fingerprint density at radius 1 is 1.16 bits per heavy atom. The van der Waals surface area contributed by atoms with E-state index >= 15 is 0 Å². The first kappa shape index (κ1) is 22.6. The first-order valence-electron chi connectivity index (χ1n) is 9.77. The highest BCUT2D eigenvalue weighted by atomic mass is 19.4. The van der Waals surface area contributed by atoms with Crippen LogP contribution in [-0.4, -0.2) is 33.7 Å². The molecule has 0 saturated carbocycles. The summed E-state index contributed by atoms with van der Waals surface area (Å²) in [6, 6.07) is 8.51. The zero-order valence-corrected chi connectivity index (χ0v) is 17.2. The van der Waals surface area contributed by atoms with Gasteiger partial charge in [0.25, 0.3) is 5.56 Å². The first-order chi connectivity index (χ1) is 14.7. The number of alkyl halides is 3. The molecule has 5 nitrogen and oxygen atoms in total. The van der Waals surface area contributed by atoms with E-state index in [0.29, 0.717) is 17.7 Å². The normalized spacial score (nSPS) is 15.7. The minimum Gasteiger partial charge on any atom is -0.482 e. The number of rotatable bonds is 8. The average molecular weight is 431 g/mol. The van der Waals surface area contributed by atoms with Crippen molar-refractivity contribution < 1.29 is 17.9 Å². The minimum atomic E-state index is -4.58. The maximum Gasteiger partial charge on any atom is 0.406 e. The quantitative estimate of drug-likeness (QED) is 0.621. The Hall–Kier alpha value is -3.13. The van der Waals surface area contributed by atoms with E-state index in [1.807, 2.05) is 23.1 Å². The van der Waals surface area contributed by atoms with Gasteiger partial charge in [-0.2, -0.15) is 13.2 Å². The maximum atomic E-state index is 13.3. The Morgan fingerprint density at radius 3 is 2.32 bits per heavy atom. The summed E-state index contributed by atoms with van der Waals surface area (Å²) in [4.78, 5) is 19.0. The largest absolute Gasteiger partial charge is 0.482 e. The predicted octanol–water partition coefficient (Wildman–Crippen LogP) is 4.43. The molecule has 1 aliphatic rings. The van der Waals surface area contributed by atoms with E-state index < -0.39 is 24.3 Å². The molecular formula is C23H24F3N3O2. The molecule has 2 heterocycles. The Balaban J connectivity index is 1.91. The van der Waals surface area contributed by atoms with Crippen molar-refractivity contribution in [3.8, 4) is 5.75 Å². The molecule has 0 amide bonds.